The fourth-order valence-corrected chi connectivity index (χ4v) is 2.72. The Morgan fingerprint density at radius 2 is 2.17 bits per heavy atom. The highest BCUT2D eigenvalue weighted by atomic mass is 32.1. The van der Waals surface area contributed by atoms with Gasteiger partial charge < -0.3 is 4.74 Å². The molecule has 96 valence electrons. The van der Waals surface area contributed by atoms with Gasteiger partial charge >= 0.3 is 0 Å². The molecule has 2 aromatic rings. The van der Waals surface area contributed by atoms with Crippen molar-refractivity contribution < 1.29 is 9.13 Å². The summed E-state index contributed by atoms with van der Waals surface area (Å²) >= 11 is 1.55. The van der Waals surface area contributed by atoms with Gasteiger partial charge in [-0.05, 0) is 30.2 Å². The van der Waals surface area contributed by atoms with E-state index >= 15 is 0 Å². The molecule has 1 atom stereocenters. The van der Waals surface area contributed by atoms with Gasteiger partial charge in [-0.25, -0.2) is 9.82 Å². The van der Waals surface area contributed by atoms with Gasteiger partial charge in [0.15, 0.2) is 0 Å². The third kappa shape index (κ3) is 2.53. The molecule has 18 heavy (non-hydrogen) atoms. The summed E-state index contributed by atoms with van der Waals surface area (Å²) in [6.07, 6.45) is 0. The van der Waals surface area contributed by atoms with Crippen LogP contribution in [0.3, 0.4) is 0 Å². The minimum Gasteiger partial charge on any atom is -0.496 e. The highest BCUT2D eigenvalue weighted by molar-refractivity contribution is 7.10. The Balaban J connectivity index is 2.35. The Bertz CT molecular complexity index is 542. The average molecular weight is 266 g/mol. The molecule has 0 fully saturated rings. The van der Waals surface area contributed by atoms with Gasteiger partial charge in [0.05, 0.1) is 13.2 Å². The Hall–Kier alpha value is -1.43. The van der Waals surface area contributed by atoms with E-state index in [1.54, 1.807) is 37.5 Å². The van der Waals surface area contributed by atoms with Crippen LogP contribution in [0.2, 0.25) is 0 Å². The van der Waals surface area contributed by atoms with Crippen LogP contribution < -0.4 is 16.0 Å². The number of nitrogens with one attached hydrogen (secondary N) is 1. The molecule has 3 nitrogen and oxygen atoms in total. The number of rotatable bonds is 4. The molecule has 0 saturated carbocycles. The van der Waals surface area contributed by atoms with Gasteiger partial charge in [0.1, 0.15) is 11.6 Å². The number of thiophene rings is 1. The maximum atomic E-state index is 13.3. The van der Waals surface area contributed by atoms with Crippen molar-refractivity contribution in [2.75, 3.05) is 7.11 Å². The third-order valence-electron chi connectivity index (χ3n) is 2.80. The van der Waals surface area contributed by atoms with Gasteiger partial charge in [-0.1, -0.05) is 12.1 Å². The highest BCUT2D eigenvalue weighted by Gasteiger charge is 2.16. The number of nitrogens with two attached hydrogens (primary N) is 1. The van der Waals surface area contributed by atoms with Gasteiger partial charge in [0.2, 0.25) is 0 Å². The van der Waals surface area contributed by atoms with E-state index in [0.29, 0.717) is 5.56 Å². The Morgan fingerprint density at radius 1 is 1.39 bits per heavy atom. The van der Waals surface area contributed by atoms with Crippen molar-refractivity contribution in [1.29, 1.82) is 0 Å². The van der Waals surface area contributed by atoms with E-state index in [-0.39, 0.29) is 11.9 Å². The van der Waals surface area contributed by atoms with Crippen molar-refractivity contribution in [3.05, 3.63) is 51.5 Å². The lowest BCUT2D eigenvalue weighted by Gasteiger charge is -2.15. The first kappa shape index (κ1) is 13.0. The van der Waals surface area contributed by atoms with Crippen LogP contribution in [0, 0.1) is 12.7 Å². The molecule has 0 bridgehead atoms. The molecule has 2 rings (SSSR count). The normalized spacial score (nSPS) is 12.4. The van der Waals surface area contributed by atoms with Crippen LogP contribution in [0.4, 0.5) is 4.39 Å². The predicted octanol–water partition coefficient (Wildman–Crippen LogP) is 2.76. The monoisotopic (exact) mass is 266 g/mol. The first-order valence-electron chi connectivity index (χ1n) is 5.50. The molecule has 1 aromatic carbocycles. The molecule has 0 spiro atoms. The molecule has 0 amide bonds. The summed E-state index contributed by atoms with van der Waals surface area (Å²) in [5.74, 6) is 6.19. The molecular weight excluding hydrogens is 251 g/mol. The van der Waals surface area contributed by atoms with Crippen molar-refractivity contribution in [3.8, 4) is 5.75 Å². The summed E-state index contributed by atoms with van der Waals surface area (Å²) in [6, 6.07) is 6.76. The van der Waals surface area contributed by atoms with E-state index in [9.17, 15) is 4.39 Å². The average Bonchev–Trinajstić information content (AvgIpc) is 2.83. The van der Waals surface area contributed by atoms with Crippen molar-refractivity contribution in [3.63, 3.8) is 0 Å². The van der Waals surface area contributed by atoms with Gasteiger partial charge in [-0.15, -0.1) is 11.3 Å². The van der Waals surface area contributed by atoms with E-state index in [1.165, 1.54) is 6.07 Å². The van der Waals surface area contributed by atoms with Crippen molar-refractivity contribution in [2.45, 2.75) is 13.0 Å². The van der Waals surface area contributed by atoms with Crippen LogP contribution >= 0.6 is 11.3 Å². The standard InChI is InChI=1S/C13H15FN2OS/c1-8-5-9(3-4-11(8)14)13(16-15)12-6-10(17-2)7-18-12/h3-7,13,16H,15H2,1-2H3. The number of hydrogen-bond acceptors (Lipinski definition) is 4. The molecule has 3 N–H and O–H groups in total. The van der Waals surface area contributed by atoms with Crippen molar-refractivity contribution in [1.82, 2.24) is 5.43 Å². The van der Waals surface area contributed by atoms with Crippen LogP contribution in [0.25, 0.3) is 0 Å². The summed E-state index contributed by atoms with van der Waals surface area (Å²) in [4.78, 5) is 1.03. The first-order chi connectivity index (χ1) is 8.65. The minimum absolute atomic E-state index is 0.154. The molecule has 0 radical (unpaired) electrons. The Morgan fingerprint density at radius 3 is 2.72 bits per heavy atom. The molecule has 0 aliphatic rings. The van der Waals surface area contributed by atoms with Crippen LogP contribution in [-0.2, 0) is 0 Å². The summed E-state index contributed by atoms with van der Waals surface area (Å²) in [7, 11) is 1.62. The summed E-state index contributed by atoms with van der Waals surface area (Å²) < 4.78 is 18.4. The topological polar surface area (TPSA) is 47.3 Å². The summed E-state index contributed by atoms with van der Waals surface area (Å²) in [5, 5.41) is 1.91. The van der Waals surface area contributed by atoms with Crippen LogP contribution in [0.1, 0.15) is 22.0 Å². The van der Waals surface area contributed by atoms with Gasteiger partial charge in [-0.2, -0.15) is 0 Å². The lowest BCUT2D eigenvalue weighted by molar-refractivity contribution is 0.416. The lowest BCUT2D eigenvalue weighted by Crippen LogP contribution is -2.28. The lowest BCUT2D eigenvalue weighted by atomic mass is 10.0. The van der Waals surface area contributed by atoms with E-state index in [2.05, 4.69) is 5.43 Å². The van der Waals surface area contributed by atoms with E-state index in [4.69, 9.17) is 10.6 Å². The van der Waals surface area contributed by atoms with Gasteiger partial charge in [-0.3, -0.25) is 5.84 Å². The molecular formula is C13H15FN2OS. The van der Waals surface area contributed by atoms with Crippen molar-refractivity contribution >= 4 is 11.3 Å². The van der Waals surface area contributed by atoms with Crippen LogP contribution in [0.5, 0.6) is 5.75 Å². The fourth-order valence-electron chi connectivity index (χ4n) is 1.78. The van der Waals surface area contributed by atoms with E-state index < -0.39 is 0 Å². The number of aryl methyl sites for hydroxylation is 1. The van der Waals surface area contributed by atoms with Gasteiger partial charge in [0, 0.05) is 10.3 Å². The molecule has 1 heterocycles. The molecule has 0 saturated heterocycles. The minimum atomic E-state index is -0.210. The van der Waals surface area contributed by atoms with Gasteiger partial charge in [0.25, 0.3) is 0 Å². The second kappa shape index (κ2) is 5.48. The summed E-state index contributed by atoms with van der Waals surface area (Å²) in [6.45, 7) is 1.74. The maximum Gasteiger partial charge on any atom is 0.129 e. The molecule has 5 heteroatoms. The second-order valence-corrected chi connectivity index (χ2v) is 4.94. The first-order valence-corrected chi connectivity index (χ1v) is 6.38. The molecule has 1 unspecified atom stereocenters. The zero-order valence-corrected chi connectivity index (χ0v) is 11.1. The number of ether oxygens (including phenoxy) is 1. The predicted molar refractivity (Wildman–Crippen MR) is 71.2 cm³/mol. The van der Waals surface area contributed by atoms with E-state index in [0.717, 1.165) is 16.2 Å². The highest BCUT2D eigenvalue weighted by Crippen LogP contribution is 2.31. The zero-order valence-electron chi connectivity index (χ0n) is 10.2. The smallest absolute Gasteiger partial charge is 0.129 e. The van der Waals surface area contributed by atoms with E-state index in [1.807, 2.05) is 11.4 Å². The fraction of sp³-hybridized carbons (Fsp3) is 0.231. The quantitative estimate of drug-likeness (QED) is 0.661. The Kier molecular flexibility index (Phi) is 3.96. The number of halogens is 1. The third-order valence-corrected chi connectivity index (χ3v) is 3.77. The molecule has 0 aliphatic heterocycles. The van der Waals surface area contributed by atoms with Crippen LogP contribution in [-0.4, -0.2) is 7.11 Å². The van der Waals surface area contributed by atoms with Crippen molar-refractivity contribution in [2.24, 2.45) is 5.84 Å². The number of methoxy groups -OCH3 is 1. The van der Waals surface area contributed by atoms with Crippen LogP contribution in [0.15, 0.2) is 29.6 Å². The Labute approximate surface area is 109 Å². The number of benzene rings is 1. The number of hydrogen-bond donors (Lipinski definition) is 2. The zero-order chi connectivity index (χ0) is 13.1. The molecule has 1 aromatic heterocycles. The SMILES string of the molecule is COc1csc(C(NN)c2ccc(F)c(C)c2)c1. The summed E-state index contributed by atoms with van der Waals surface area (Å²) in [5.41, 5.74) is 4.29. The second-order valence-electron chi connectivity index (χ2n) is 4.00. The number of hydrazine groups is 1. The maximum absolute atomic E-state index is 13.3. The largest absolute Gasteiger partial charge is 0.496 e. The molecule has 0 aliphatic carbocycles.